The summed E-state index contributed by atoms with van der Waals surface area (Å²) in [7, 11) is 0. The SMILES string of the molecule is CC(C)(C)OC(=O)N1C(=O)OC[C@@H]1/C=C/[C@@H]1O[C@H](COCc2ccccc2)[C@H](OCc2ccccc2)[C@H](OCc2ccccc2)[C@H]1OCc1ccccc1. The molecule has 2 heterocycles. The molecule has 2 fully saturated rings. The summed E-state index contributed by atoms with van der Waals surface area (Å²) in [4.78, 5) is 26.8. The van der Waals surface area contributed by atoms with Crippen molar-refractivity contribution in [2.75, 3.05) is 13.2 Å². The van der Waals surface area contributed by atoms with Gasteiger partial charge < -0.3 is 33.2 Å². The van der Waals surface area contributed by atoms with Crippen molar-refractivity contribution < 1.29 is 42.7 Å². The second kappa shape index (κ2) is 19.0. The lowest BCUT2D eigenvalue weighted by Gasteiger charge is -2.45. The Hall–Kier alpha value is -4.84. The first-order valence-electron chi connectivity index (χ1n) is 18.3. The van der Waals surface area contributed by atoms with E-state index in [1.54, 1.807) is 26.8 Å². The van der Waals surface area contributed by atoms with Gasteiger partial charge in [0, 0.05) is 0 Å². The highest BCUT2D eigenvalue weighted by Gasteiger charge is 2.48. The Kier molecular flexibility index (Phi) is 13.6. The molecule has 0 aliphatic carbocycles. The van der Waals surface area contributed by atoms with Crippen LogP contribution in [0.4, 0.5) is 9.59 Å². The van der Waals surface area contributed by atoms with Crippen LogP contribution in [0.2, 0.25) is 0 Å². The van der Waals surface area contributed by atoms with Crippen molar-refractivity contribution in [3.8, 4) is 0 Å². The zero-order chi connectivity index (χ0) is 37.8. The molecule has 0 unspecified atom stereocenters. The molecule has 6 rings (SSSR count). The summed E-state index contributed by atoms with van der Waals surface area (Å²) in [6, 6.07) is 39.0. The summed E-state index contributed by atoms with van der Waals surface area (Å²) in [6.45, 7) is 6.67. The molecule has 2 aliphatic heterocycles. The van der Waals surface area contributed by atoms with E-state index in [0.717, 1.165) is 27.2 Å². The first-order chi connectivity index (χ1) is 26.2. The summed E-state index contributed by atoms with van der Waals surface area (Å²) < 4.78 is 44.3. The van der Waals surface area contributed by atoms with Crippen LogP contribution in [0, 0.1) is 0 Å². The van der Waals surface area contributed by atoms with Crippen LogP contribution in [-0.2, 0) is 59.6 Å². The van der Waals surface area contributed by atoms with Crippen molar-refractivity contribution in [2.45, 2.75) is 89.4 Å². The maximum absolute atomic E-state index is 13.1. The topological polar surface area (TPSA) is 102 Å². The van der Waals surface area contributed by atoms with Gasteiger partial charge in [-0.3, -0.25) is 0 Å². The number of carbonyl (C=O) groups is 2. The Labute approximate surface area is 317 Å². The molecule has 4 aromatic rings. The van der Waals surface area contributed by atoms with Crippen LogP contribution in [-0.4, -0.2) is 72.5 Å². The van der Waals surface area contributed by atoms with Gasteiger partial charge in [0.05, 0.1) is 39.1 Å². The first-order valence-corrected chi connectivity index (χ1v) is 18.3. The third kappa shape index (κ3) is 11.1. The molecule has 4 aromatic carbocycles. The Balaban J connectivity index is 1.33. The van der Waals surface area contributed by atoms with Gasteiger partial charge in [-0.2, -0.15) is 0 Å². The molecule has 2 saturated heterocycles. The van der Waals surface area contributed by atoms with E-state index in [1.165, 1.54) is 0 Å². The predicted molar refractivity (Wildman–Crippen MR) is 202 cm³/mol. The zero-order valence-electron chi connectivity index (χ0n) is 31.0. The molecule has 54 heavy (non-hydrogen) atoms. The highest BCUT2D eigenvalue weighted by molar-refractivity contribution is 5.90. The van der Waals surface area contributed by atoms with Gasteiger partial charge in [0.2, 0.25) is 0 Å². The monoisotopic (exact) mass is 735 g/mol. The van der Waals surface area contributed by atoms with Crippen LogP contribution >= 0.6 is 0 Å². The van der Waals surface area contributed by atoms with Crippen molar-refractivity contribution >= 4 is 12.2 Å². The summed E-state index contributed by atoms with van der Waals surface area (Å²) in [6.07, 6.45) is -1.21. The molecule has 2 amide bonds. The minimum absolute atomic E-state index is 0.0306. The summed E-state index contributed by atoms with van der Waals surface area (Å²) in [5.74, 6) is 0. The standard InChI is InChI=1S/C44H49NO9/c1-44(2,3)54-43(47)45-36(30-52-42(45)46)24-25-37-39(49-27-33-18-10-5-11-19-33)41(51-29-35-22-14-7-15-23-35)40(50-28-34-20-12-6-13-21-34)38(53-37)31-48-26-32-16-8-4-9-17-32/h4-25,36-41H,26-31H2,1-3H3/b25-24+/t36-,37-,38+,39-,40-,41+/m0/s1. The summed E-state index contributed by atoms with van der Waals surface area (Å²) >= 11 is 0. The van der Waals surface area contributed by atoms with Crippen LogP contribution < -0.4 is 0 Å². The Morgan fingerprint density at radius 3 is 1.63 bits per heavy atom. The number of cyclic esters (lactones) is 1. The lowest BCUT2D eigenvalue weighted by molar-refractivity contribution is -0.263. The number of imide groups is 1. The number of ether oxygens (including phenoxy) is 7. The minimum Gasteiger partial charge on any atom is -0.446 e. The molecule has 10 nitrogen and oxygen atoms in total. The van der Waals surface area contributed by atoms with E-state index in [2.05, 4.69) is 0 Å². The Bertz CT molecular complexity index is 1770. The average molecular weight is 736 g/mol. The Morgan fingerprint density at radius 2 is 1.13 bits per heavy atom. The average Bonchev–Trinajstić information content (AvgIpc) is 3.56. The van der Waals surface area contributed by atoms with E-state index in [0.29, 0.717) is 19.8 Å². The Morgan fingerprint density at radius 1 is 0.667 bits per heavy atom. The van der Waals surface area contributed by atoms with Crippen molar-refractivity contribution in [3.63, 3.8) is 0 Å². The van der Waals surface area contributed by atoms with Gasteiger partial charge in [-0.05, 0) is 43.0 Å². The fourth-order valence-electron chi connectivity index (χ4n) is 6.32. The van der Waals surface area contributed by atoms with Crippen molar-refractivity contribution in [1.82, 2.24) is 4.90 Å². The van der Waals surface area contributed by atoms with Crippen LogP contribution in [0.1, 0.15) is 43.0 Å². The lowest BCUT2D eigenvalue weighted by Crippen LogP contribution is -2.60. The second-order valence-corrected chi connectivity index (χ2v) is 14.3. The normalized spacial score (nSPS) is 23.0. The maximum atomic E-state index is 13.1. The van der Waals surface area contributed by atoms with Crippen LogP contribution in [0.3, 0.4) is 0 Å². The number of nitrogens with zero attached hydrogens (tertiary/aromatic N) is 1. The number of amides is 2. The molecule has 0 aromatic heterocycles. The van der Waals surface area contributed by atoms with Crippen LogP contribution in [0.5, 0.6) is 0 Å². The summed E-state index contributed by atoms with van der Waals surface area (Å²) in [5, 5.41) is 0. The molecule has 284 valence electrons. The number of carbonyl (C=O) groups excluding carboxylic acids is 2. The van der Waals surface area contributed by atoms with Gasteiger partial charge in [0.25, 0.3) is 0 Å². The number of rotatable bonds is 15. The van der Waals surface area contributed by atoms with Gasteiger partial charge in [-0.15, -0.1) is 0 Å². The van der Waals surface area contributed by atoms with Crippen molar-refractivity contribution in [1.29, 1.82) is 0 Å². The van der Waals surface area contributed by atoms with Gasteiger partial charge in [0.15, 0.2) is 0 Å². The van der Waals surface area contributed by atoms with E-state index >= 15 is 0 Å². The number of hydrogen-bond donors (Lipinski definition) is 0. The molecule has 10 heteroatoms. The quantitative estimate of drug-likeness (QED) is 0.112. The molecule has 2 aliphatic rings. The van der Waals surface area contributed by atoms with Crippen LogP contribution in [0.25, 0.3) is 0 Å². The molecule has 0 N–H and O–H groups in total. The van der Waals surface area contributed by atoms with Crippen molar-refractivity contribution in [3.05, 3.63) is 156 Å². The lowest BCUT2D eigenvalue weighted by atomic mass is 9.93. The van der Waals surface area contributed by atoms with Gasteiger partial charge in [-0.25, -0.2) is 14.5 Å². The molecular weight excluding hydrogens is 686 g/mol. The predicted octanol–water partition coefficient (Wildman–Crippen LogP) is 8.04. The van der Waals surface area contributed by atoms with Gasteiger partial charge >= 0.3 is 12.2 Å². The first kappa shape index (κ1) is 38.9. The third-order valence-electron chi connectivity index (χ3n) is 8.94. The van der Waals surface area contributed by atoms with Crippen molar-refractivity contribution in [2.24, 2.45) is 0 Å². The summed E-state index contributed by atoms with van der Waals surface area (Å²) in [5.41, 5.74) is 3.19. The highest BCUT2D eigenvalue weighted by atomic mass is 16.6. The zero-order valence-corrected chi connectivity index (χ0v) is 31.0. The van der Waals surface area contributed by atoms with E-state index in [-0.39, 0.29) is 19.8 Å². The molecular formula is C44H49NO9. The second-order valence-electron chi connectivity index (χ2n) is 14.3. The molecule has 0 saturated carbocycles. The van der Waals surface area contributed by atoms with E-state index in [1.807, 2.05) is 127 Å². The maximum Gasteiger partial charge on any atom is 0.420 e. The van der Waals surface area contributed by atoms with E-state index in [4.69, 9.17) is 33.2 Å². The third-order valence-corrected chi connectivity index (χ3v) is 8.94. The fraction of sp³-hybridized carbons (Fsp3) is 0.364. The highest BCUT2D eigenvalue weighted by Crippen LogP contribution is 2.32. The molecule has 0 spiro atoms. The molecule has 6 atom stereocenters. The van der Waals surface area contributed by atoms with Gasteiger partial charge in [0.1, 0.15) is 42.7 Å². The number of benzene rings is 4. The van der Waals surface area contributed by atoms with E-state index < -0.39 is 54.3 Å². The smallest absolute Gasteiger partial charge is 0.420 e. The van der Waals surface area contributed by atoms with Crippen LogP contribution in [0.15, 0.2) is 133 Å². The van der Waals surface area contributed by atoms with E-state index in [9.17, 15) is 9.59 Å². The number of hydrogen-bond acceptors (Lipinski definition) is 9. The van der Waals surface area contributed by atoms with Gasteiger partial charge in [-0.1, -0.05) is 133 Å². The molecule has 0 bridgehead atoms. The largest absolute Gasteiger partial charge is 0.446 e. The fourth-order valence-corrected chi connectivity index (χ4v) is 6.32. The minimum atomic E-state index is -0.803. The molecule has 0 radical (unpaired) electrons.